The first-order chi connectivity index (χ1) is 13.6. The fourth-order valence-electron chi connectivity index (χ4n) is 3.11. The topological polar surface area (TPSA) is 85.6 Å². The molecule has 2 atom stereocenters. The van der Waals surface area contributed by atoms with Crippen molar-refractivity contribution in [2.24, 2.45) is 4.99 Å². The molecule has 0 saturated heterocycles. The molecule has 0 aliphatic carbocycles. The van der Waals surface area contributed by atoms with E-state index >= 15 is 0 Å². The van der Waals surface area contributed by atoms with Crippen molar-refractivity contribution in [1.29, 1.82) is 0 Å². The van der Waals surface area contributed by atoms with Crippen LogP contribution in [0.3, 0.4) is 0 Å². The van der Waals surface area contributed by atoms with Gasteiger partial charge >= 0.3 is 0 Å². The summed E-state index contributed by atoms with van der Waals surface area (Å²) in [6.07, 6.45) is 1.81. The molecule has 0 radical (unpaired) electrons. The van der Waals surface area contributed by atoms with Gasteiger partial charge in [0.05, 0.1) is 13.1 Å². The fraction of sp³-hybridized carbons (Fsp3) is 0.526. The number of halogens is 1. The number of aromatic nitrogens is 3. The van der Waals surface area contributed by atoms with Crippen molar-refractivity contribution in [2.45, 2.75) is 45.1 Å². The number of benzene rings is 1. The molecule has 2 N–H and O–H groups in total. The monoisotopic (exact) mass is 406 g/mol. The van der Waals surface area contributed by atoms with Crippen molar-refractivity contribution in [3.63, 3.8) is 0 Å². The number of guanidine groups is 1. The van der Waals surface area contributed by atoms with Crippen molar-refractivity contribution in [2.75, 3.05) is 20.7 Å². The van der Waals surface area contributed by atoms with Gasteiger partial charge in [0.2, 0.25) is 0 Å². The summed E-state index contributed by atoms with van der Waals surface area (Å²) in [6, 6.07) is 7.63. The van der Waals surface area contributed by atoms with Gasteiger partial charge in [-0.1, -0.05) is 17.7 Å². The number of rotatable bonds is 7. The highest BCUT2D eigenvalue weighted by molar-refractivity contribution is 6.30. The maximum Gasteiger partial charge on any atom is 0.191 e. The van der Waals surface area contributed by atoms with E-state index in [1.54, 1.807) is 20.2 Å². The Bertz CT molecular complexity index is 809. The maximum absolute atomic E-state index is 6.00. The van der Waals surface area contributed by atoms with Gasteiger partial charge in [0.15, 0.2) is 11.8 Å². The van der Waals surface area contributed by atoms with Gasteiger partial charge in [-0.15, -0.1) is 0 Å². The molecule has 0 fully saturated rings. The van der Waals surface area contributed by atoms with Gasteiger partial charge in [-0.25, -0.2) is 9.67 Å². The quantitative estimate of drug-likeness (QED) is 0.540. The summed E-state index contributed by atoms with van der Waals surface area (Å²) in [4.78, 5) is 8.83. The van der Waals surface area contributed by atoms with E-state index in [1.807, 2.05) is 29.8 Å². The van der Waals surface area contributed by atoms with Crippen molar-refractivity contribution < 1.29 is 9.47 Å². The molecule has 2 aromatic rings. The molecule has 0 spiro atoms. The van der Waals surface area contributed by atoms with Crippen molar-refractivity contribution in [3.8, 4) is 5.75 Å². The summed E-state index contributed by atoms with van der Waals surface area (Å²) in [5, 5.41) is 11.9. The van der Waals surface area contributed by atoms with Gasteiger partial charge in [0.25, 0.3) is 0 Å². The van der Waals surface area contributed by atoms with E-state index in [4.69, 9.17) is 21.1 Å². The molecule has 152 valence electrons. The summed E-state index contributed by atoms with van der Waals surface area (Å²) >= 11 is 6.00. The van der Waals surface area contributed by atoms with E-state index in [9.17, 15) is 0 Å². The third-order valence-corrected chi connectivity index (χ3v) is 4.67. The second kappa shape index (κ2) is 9.75. The molecule has 1 aliphatic heterocycles. The van der Waals surface area contributed by atoms with Crippen LogP contribution >= 0.6 is 11.6 Å². The van der Waals surface area contributed by atoms with Crippen molar-refractivity contribution >= 4 is 17.6 Å². The zero-order chi connectivity index (χ0) is 19.9. The van der Waals surface area contributed by atoms with Crippen molar-refractivity contribution in [3.05, 3.63) is 40.9 Å². The molecular weight excluding hydrogens is 380 g/mol. The number of aryl methyl sites for hydroxylation is 1. The van der Waals surface area contributed by atoms with Crippen LogP contribution in [0, 0.1) is 0 Å². The Labute approximate surface area is 170 Å². The zero-order valence-corrected chi connectivity index (χ0v) is 17.2. The third-order valence-electron chi connectivity index (χ3n) is 4.43. The van der Waals surface area contributed by atoms with Gasteiger partial charge in [0, 0.05) is 31.6 Å². The number of hydrogen-bond donors (Lipinski definition) is 2. The van der Waals surface area contributed by atoms with E-state index in [-0.39, 0.29) is 12.1 Å². The average Bonchev–Trinajstić information content (AvgIpc) is 3.07. The van der Waals surface area contributed by atoms with Crippen LogP contribution in [0.5, 0.6) is 5.75 Å². The lowest BCUT2D eigenvalue weighted by molar-refractivity contribution is 0.177. The minimum absolute atomic E-state index is 0.0399. The van der Waals surface area contributed by atoms with Gasteiger partial charge < -0.3 is 20.1 Å². The first-order valence-corrected chi connectivity index (χ1v) is 9.76. The summed E-state index contributed by atoms with van der Waals surface area (Å²) < 4.78 is 13.0. The summed E-state index contributed by atoms with van der Waals surface area (Å²) in [7, 11) is 3.41. The molecule has 2 heterocycles. The van der Waals surface area contributed by atoms with E-state index in [2.05, 4.69) is 25.7 Å². The lowest BCUT2D eigenvalue weighted by Crippen LogP contribution is -2.48. The van der Waals surface area contributed by atoms with Crippen LogP contribution in [-0.4, -0.2) is 53.6 Å². The number of fused-ring (bicyclic) bond motifs is 1. The first-order valence-electron chi connectivity index (χ1n) is 9.38. The van der Waals surface area contributed by atoms with Gasteiger partial charge in [0.1, 0.15) is 24.3 Å². The van der Waals surface area contributed by atoms with Crippen LogP contribution in [-0.2, 0) is 24.3 Å². The lowest BCUT2D eigenvalue weighted by Gasteiger charge is -2.26. The number of nitrogens with zero attached hydrogens (tertiary/aromatic N) is 4. The number of hydrogen-bond acceptors (Lipinski definition) is 5. The van der Waals surface area contributed by atoms with Gasteiger partial charge in [-0.3, -0.25) is 4.99 Å². The Kier molecular flexibility index (Phi) is 7.11. The number of ether oxygens (including phenoxy) is 2. The predicted molar refractivity (Wildman–Crippen MR) is 109 cm³/mol. The third kappa shape index (κ3) is 5.59. The molecule has 1 aliphatic rings. The Hall–Kier alpha value is -2.32. The first kappa shape index (κ1) is 20.4. The van der Waals surface area contributed by atoms with E-state index in [0.29, 0.717) is 18.2 Å². The Balaban J connectivity index is 1.48. The molecule has 3 rings (SSSR count). The van der Waals surface area contributed by atoms with Crippen molar-refractivity contribution in [1.82, 2.24) is 25.4 Å². The molecule has 0 saturated carbocycles. The van der Waals surface area contributed by atoms with Crippen LogP contribution in [0.25, 0.3) is 0 Å². The second-order valence-electron chi connectivity index (χ2n) is 6.78. The van der Waals surface area contributed by atoms with Gasteiger partial charge in [-0.05, 0) is 31.5 Å². The normalized spacial score (nSPS) is 17.7. The van der Waals surface area contributed by atoms with Crippen LogP contribution < -0.4 is 15.4 Å². The number of aliphatic imine (C=N–C) groups is 1. The lowest BCUT2D eigenvalue weighted by atomic mass is 10.1. The molecule has 8 nitrogen and oxygen atoms in total. The Morgan fingerprint density at radius 3 is 3.07 bits per heavy atom. The van der Waals surface area contributed by atoms with Crippen LogP contribution in [0.2, 0.25) is 5.02 Å². The molecular formula is C19H27ClN6O2. The minimum atomic E-state index is -0.0399. The van der Waals surface area contributed by atoms with E-state index in [0.717, 1.165) is 42.7 Å². The molecule has 0 bridgehead atoms. The highest BCUT2D eigenvalue weighted by atomic mass is 35.5. The largest absolute Gasteiger partial charge is 0.489 e. The standard InChI is InChI=1S/C19H27ClN6O2/c1-13(28-16-6-4-5-14(20)9-16)10-22-19(21-2)23-15-7-8-18-24-17(12-27-3)25-26(18)11-15/h4-6,9,13,15H,7-8,10-12H2,1-3H3,(H2,21,22,23). The molecule has 1 aromatic heterocycles. The Morgan fingerprint density at radius 2 is 2.32 bits per heavy atom. The molecule has 9 heteroatoms. The molecule has 1 aromatic carbocycles. The fourth-order valence-corrected chi connectivity index (χ4v) is 3.29. The second-order valence-corrected chi connectivity index (χ2v) is 7.21. The van der Waals surface area contributed by atoms with E-state index < -0.39 is 0 Å². The summed E-state index contributed by atoms with van der Waals surface area (Å²) in [5.41, 5.74) is 0. The smallest absolute Gasteiger partial charge is 0.191 e. The highest BCUT2D eigenvalue weighted by Crippen LogP contribution is 2.18. The van der Waals surface area contributed by atoms with E-state index in [1.165, 1.54) is 0 Å². The average molecular weight is 407 g/mol. The van der Waals surface area contributed by atoms with Gasteiger partial charge in [-0.2, -0.15) is 5.10 Å². The Morgan fingerprint density at radius 1 is 1.46 bits per heavy atom. The minimum Gasteiger partial charge on any atom is -0.489 e. The molecule has 28 heavy (non-hydrogen) atoms. The number of nitrogens with one attached hydrogen (secondary N) is 2. The summed E-state index contributed by atoms with van der Waals surface area (Å²) in [6.45, 7) is 3.80. The highest BCUT2D eigenvalue weighted by Gasteiger charge is 2.22. The summed E-state index contributed by atoms with van der Waals surface area (Å²) in [5.74, 6) is 3.24. The van der Waals surface area contributed by atoms with Crippen LogP contribution in [0.4, 0.5) is 0 Å². The van der Waals surface area contributed by atoms with Crippen LogP contribution in [0.1, 0.15) is 25.0 Å². The molecule has 2 unspecified atom stereocenters. The SMILES string of the molecule is CN=C(NCC(C)Oc1cccc(Cl)c1)NC1CCc2nc(COC)nn2C1. The zero-order valence-electron chi connectivity index (χ0n) is 16.5. The molecule has 0 amide bonds. The maximum atomic E-state index is 6.00. The van der Waals surface area contributed by atoms with Crippen LogP contribution in [0.15, 0.2) is 29.3 Å². The predicted octanol–water partition coefficient (Wildman–Crippen LogP) is 2.03. The number of methoxy groups -OCH3 is 1.